The summed E-state index contributed by atoms with van der Waals surface area (Å²) in [5, 5.41) is 3.03. The zero-order chi connectivity index (χ0) is 18.3. The highest BCUT2D eigenvalue weighted by molar-refractivity contribution is 5.98. The lowest BCUT2D eigenvalue weighted by atomic mass is 9.88. The van der Waals surface area contributed by atoms with Crippen LogP contribution in [0.3, 0.4) is 0 Å². The highest BCUT2D eigenvalue weighted by atomic mass is 16.2. The molecule has 1 aromatic carbocycles. The van der Waals surface area contributed by atoms with Gasteiger partial charge >= 0.3 is 0 Å². The molecular weight excluding hydrogens is 324 g/mol. The third-order valence-electron chi connectivity index (χ3n) is 5.96. The van der Waals surface area contributed by atoms with E-state index in [-0.39, 0.29) is 5.91 Å². The summed E-state index contributed by atoms with van der Waals surface area (Å²) in [5.74, 6) is 1.76. The molecule has 136 valence electrons. The standard InChI is InChI=1S/C21H26N4O/c1-14-7-4-5-8-16(14)19-18-13-25(12-15(18)11-24(19)3)21(26)17-9-6-10-23-20(17)22-2/h4-10,15,18-19H,11-13H2,1-3H3,(H,22,23)/t15-,18+,19-/m0/s1. The minimum absolute atomic E-state index is 0.0861. The molecule has 2 aliphatic rings. The Kier molecular flexibility index (Phi) is 4.41. The molecule has 5 nitrogen and oxygen atoms in total. The van der Waals surface area contributed by atoms with Crippen molar-refractivity contribution in [1.29, 1.82) is 0 Å². The van der Waals surface area contributed by atoms with Crippen molar-refractivity contribution >= 4 is 11.7 Å². The lowest BCUT2D eigenvalue weighted by Gasteiger charge is -2.28. The second-order valence-electron chi connectivity index (χ2n) is 7.52. The van der Waals surface area contributed by atoms with E-state index in [1.807, 2.05) is 17.0 Å². The fraction of sp³-hybridized carbons (Fsp3) is 0.429. The quantitative estimate of drug-likeness (QED) is 0.925. The molecule has 2 saturated heterocycles. The van der Waals surface area contributed by atoms with Gasteiger partial charge in [0.2, 0.25) is 0 Å². The Morgan fingerprint density at radius 1 is 1.15 bits per heavy atom. The molecule has 5 heteroatoms. The van der Waals surface area contributed by atoms with Gasteiger partial charge in [-0.2, -0.15) is 0 Å². The molecule has 0 spiro atoms. The predicted octanol–water partition coefficient (Wildman–Crippen LogP) is 2.81. The van der Waals surface area contributed by atoms with Crippen molar-refractivity contribution in [2.75, 3.05) is 39.0 Å². The maximum absolute atomic E-state index is 13.1. The molecule has 0 bridgehead atoms. The lowest BCUT2D eigenvalue weighted by Crippen LogP contribution is -2.34. The van der Waals surface area contributed by atoms with Crippen LogP contribution in [-0.2, 0) is 0 Å². The van der Waals surface area contributed by atoms with Crippen LogP contribution in [0.4, 0.5) is 5.82 Å². The van der Waals surface area contributed by atoms with E-state index in [1.165, 1.54) is 11.1 Å². The van der Waals surface area contributed by atoms with Crippen LogP contribution in [0, 0.1) is 18.8 Å². The number of nitrogens with one attached hydrogen (secondary N) is 1. The number of likely N-dealkylation sites (tertiary alicyclic amines) is 2. The van der Waals surface area contributed by atoms with Crippen LogP contribution < -0.4 is 5.32 Å². The zero-order valence-electron chi connectivity index (χ0n) is 15.6. The van der Waals surface area contributed by atoms with Gasteiger partial charge in [0.05, 0.1) is 5.56 Å². The molecule has 0 unspecified atom stereocenters. The van der Waals surface area contributed by atoms with E-state index >= 15 is 0 Å². The van der Waals surface area contributed by atoms with Crippen molar-refractivity contribution < 1.29 is 4.79 Å². The van der Waals surface area contributed by atoms with E-state index in [4.69, 9.17) is 0 Å². The fourth-order valence-electron chi connectivity index (χ4n) is 4.76. The molecule has 1 amide bonds. The average Bonchev–Trinajstić information content (AvgIpc) is 3.18. The normalized spacial score (nSPS) is 25.3. The van der Waals surface area contributed by atoms with E-state index in [0.29, 0.717) is 29.3 Å². The van der Waals surface area contributed by atoms with Gasteiger partial charge in [0.25, 0.3) is 5.91 Å². The van der Waals surface area contributed by atoms with Crippen molar-refractivity contribution in [3.8, 4) is 0 Å². The third-order valence-corrected chi connectivity index (χ3v) is 5.96. The predicted molar refractivity (Wildman–Crippen MR) is 103 cm³/mol. The lowest BCUT2D eigenvalue weighted by molar-refractivity contribution is 0.0768. The maximum atomic E-state index is 13.1. The number of hydrogen-bond donors (Lipinski definition) is 1. The number of amides is 1. The minimum Gasteiger partial charge on any atom is -0.372 e. The molecule has 26 heavy (non-hydrogen) atoms. The largest absolute Gasteiger partial charge is 0.372 e. The van der Waals surface area contributed by atoms with Gasteiger partial charge in [0.15, 0.2) is 0 Å². The van der Waals surface area contributed by atoms with Crippen LogP contribution >= 0.6 is 0 Å². The Morgan fingerprint density at radius 3 is 2.73 bits per heavy atom. The van der Waals surface area contributed by atoms with E-state index in [0.717, 1.165) is 19.6 Å². The number of carbonyl (C=O) groups is 1. The molecule has 0 saturated carbocycles. The van der Waals surface area contributed by atoms with Gasteiger partial charge in [0.1, 0.15) is 5.82 Å². The molecule has 3 heterocycles. The van der Waals surface area contributed by atoms with Crippen LogP contribution in [0.25, 0.3) is 0 Å². The number of benzene rings is 1. The van der Waals surface area contributed by atoms with Crippen LogP contribution in [0.5, 0.6) is 0 Å². The molecule has 1 aromatic heterocycles. The van der Waals surface area contributed by atoms with E-state index < -0.39 is 0 Å². The van der Waals surface area contributed by atoms with Gasteiger partial charge in [-0.15, -0.1) is 0 Å². The molecular formula is C21H26N4O. The van der Waals surface area contributed by atoms with Gasteiger partial charge in [-0.05, 0) is 43.1 Å². The highest BCUT2D eigenvalue weighted by Crippen LogP contribution is 2.45. The molecule has 3 atom stereocenters. The van der Waals surface area contributed by atoms with E-state index in [9.17, 15) is 4.79 Å². The summed E-state index contributed by atoms with van der Waals surface area (Å²) >= 11 is 0. The Hall–Kier alpha value is -2.40. The van der Waals surface area contributed by atoms with Crippen LogP contribution in [-0.4, -0.2) is 54.4 Å². The first-order valence-electron chi connectivity index (χ1n) is 9.28. The second kappa shape index (κ2) is 6.72. The number of aromatic nitrogens is 1. The minimum atomic E-state index is 0.0861. The number of carbonyl (C=O) groups excluding carboxylic acids is 1. The smallest absolute Gasteiger partial charge is 0.257 e. The maximum Gasteiger partial charge on any atom is 0.257 e. The number of fused-ring (bicyclic) bond motifs is 1. The number of nitrogens with zero attached hydrogens (tertiary/aromatic N) is 3. The van der Waals surface area contributed by atoms with Gasteiger partial charge in [0, 0.05) is 44.8 Å². The molecule has 2 aliphatic heterocycles. The topological polar surface area (TPSA) is 48.5 Å². The van der Waals surface area contributed by atoms with Crippen molar-refractivity contribution in [2.45, 2.75) is 13.0 Å². The summed E-state index contributed by atoms with van der Waals surface area (Å²) in [6.07, 6.45) is 1.71. The van der Waals surface area contributed by atoms with Gasteiger partial charge < -0.3 is 10.2 Å². The molecule has 0 radical (unpaired) electrons. The Balaban J connectivity index is 1.58. The van der Waals surface area contributed by atoms with Gasteiger partial charge in [-0.3, -0.25) is 9.69 Å². The summed E-state index contributed by atoms with van der Waals surface area (Å²) in [6, 6.07) is 12.7. The summed E-state index contributed by atoms with van der Waals surface area (Å²) in [7, 11) is 4.02. The number of aryl methyl sites for hydroxylation is 1. The Bertz CT molecular complexity index is 821. The van der Waals surface area contributed by atoms with Crippen LogP contribution in [0.15, 0.2) is 42.6 Å². The molecule has 1 N–H and O–H groups in total. The highest BCUT2D eigenvalue weighted by Gasteiger charge is 2.47. The average molecular weight is 350 g/mol. The zero-order valence-corrected chi connectivity index (χ0v) is 15.6. The number of pyridine rings is 1. The molecule has 0 aliphatic carbocycles. The third kappa shape index (κ3) is 2.76. The van der Waals surface area contributed by atoms with Gasteiger partial charge in [-0.1, -0.05) is 24.3 Å². The Labute approximate surface area is 155 Å². The van der Waals surface area contributed by atoms with Crippen molar-refractivity contribution in [3.05, 3.63) is 59.3 Å². The van der Waals surface area contributed by atoms with E-state index in [2.05, 4.69) is 53.4 Å². The summed E-state index contributed by atoms with van der Waals surface area (Å²) in [4.78, 5) is 21.8. The van der Waals surface area contributed by atoms with Crippen molar-refractivity contribution in [1.82, 2.24) is 14.8 Å². The first-order valence-corrected chi connectivity index (χ1v) is 9.28. The van der Waals surface area contributed by atoms with Crippen LogP contribution in [0.2, 0.25) is 0 Å². The number of rotatable bonds is 3. The SMILES string of the molecule is CNc1ncccc1C(=O)N1C[C@@H]2CN(C)[C@@H](c3ccccc3C)[C@@H]2C1. The summed E-state index contributed by atoms with van der Waals surface area (Å²) in [5.41, 5.74) is 3.39. The van der Waals surface area contributed by atoms with Crippen LogP contribution in [0.1, 0.15) is 27.5 Å². The number of hydrogen-bond acceptors (Lipinski definition) is 4. The van der Waals surface area contributed by atoms with Crippen molar-refractivity contribution in [2.24, 2.45) is 11.8 Å². The molecule has 2 fully saturated rings. The summed E-state index contributed by atoms with van der Waals surface area (Å²) < 4.78 is 0. The van der Waals surface area contributed by atoms with E-state index in [1.54, 1.807) is 13.2 Å². The monoisotopic (exact) mass is 350 g/mol. The van der Waals surface area contributed by atoms with Gasteiger partial charge in [-0.25, -0.2) is 4.98 Å². The Morgan fingerprint density at radius 2 is 1.96 bits per heavy atom. The second-order valence-corrected chi connectivity index (χ2v) is 7.52. The fourth-order valence-corrected chi connectivity index (χ4v) is 4.76. The molecule has 2 aromatic rings. The molecule has 4 rings (SSSR count). The first-order chi connectivity index (χ1) is 12.6. The number of anilines is 1. The summed E-state index contributed by atoms with van der Waals surface area (Å²) in [6.45, 7) is 4.86. The first kappa shape index (κ1) is 17.0. The van der Waals surface area contributed by atoms with Crippen molar-refractivity contribution in [3.63, 3.8) is 0 Å².